The minimum absolute atomic E-state index is 0.309. The van der Waals surface area contributed by atoms with E-state index in [0.717, 1.165) is 45.5 Å². The van der Waals surface area contributed by atoms with Crippen LogP contribution in [0.5, 0.6) is 5.75 Å². The molecule has 0 radical (unpaired) electrons. The second-order valence-electron chi connectivity index (χ2n) is 9.84. The largest absolute Gasteiger partial charge is 0.472 e. The summed E-state index contributed by atoms with van der Waals surface area (Å²) in [7, 11) is 0. The molecule has 4 rings (SSSR count). The number of hydrogen-bond acceptors (Lipinski definition) is 4. The summed E-state index contributed by atoms with van der Waals surface area (Å²) >= 11 is 0. The maximum atomic E-state index is 15.1. The minimum Gasteiger partial charge on any atom is -0.472 e. The fraction of sp³-hybridized carbons (Fsp3) is 0.114. The molecule has 0 fully saturated rings. The number of aliphatic imine (C=N–C) groups is 1. The van der Waals surface area contributed by atoms with Gasteiger partial charge in [0.1, 0.15) is 11.6 Å². The molecular weight excluding hydrogens is 511 g/mol. The number of nitrogens with two attached hydrogens (primary N) is 3. The maximum absolute atomic E-state index is 15.1. The molecule has 1 atom stereocenters. The molecular formula is C35H35FN4O. The predicted molar refractivity (Wildman–Crippen MR) is 169 cm³/mol. The van der Waals surface area contributed by atoms with Crippen molar-refractivity contribution in [2.75, 3.05) is 0 Å². The molecule has 0 aliphatic heterocycles. The van der Waals surface area contributed by atoms with Crippen molar-refractivity contribution >= 4 is 17.6 Å². The van der Waals surface area contributed by atoms with Gasteiger partial charge in [-0.15, -0.1) is 0 Å². The van der Waals surface area contributed by atoms with Gasteiger partial charge in [-0.3, -0.25) is 5.73 Å². The first-order valence-electron chi connectivity index (χ1n) is 13.3. The van der Waals surface area contributed by atoms with E-state index in [9.17, 15) is 0 Å². The number of amidine groups is 1. The van der Waals surface area contributed by atoms with Crippen molar-refractivity contribution in [3.05, 3.63) is 138 Å². The van der Waals surface area contributed by atoms with Gasteiger partial charge in [0, 0.05) is 17.7 Å². The third-order valence-corrected chi connectivity index (χ3v) is 6.58. The second kappa shape index (κ2) is 13.4. The van der Waals surface area contributed by atoms with Gasteiger partial charge in [-0.1, -0.05) is 73.8 Å². The zero-order valence-corrected chi connectivity index (χ0v) is 23.2. The molecule has 0 aromatic heterocycles. The van der Waals surface area contributed by atoms with Crippen molar-refractivity contribution < 1.29 is 9.13 Å². The van der Waals surface area contributed by atoms with Gasteiger partial charge in [0.15, 0.2) is 6.23 Å². The molecule has 6 N–H and O–H groups in total. The Kier molecular flexibility index (Phi) is 9.51. The molecule has 0 amide bonds. The highest BCUT2D eigenvalue weighted by Crippen LogP contribution is 2.30. The van der Waals surface area contributed by atoms with Crippen molar-refractivity contribution in [3.63, 3.8) is 0 Å². The Balaban J connectivity index is 1.38. The van der Waals surface area contributed by atoms with E-state index in [2.05, 4.69) is 30.3 Å². The number of benzene rings is 4. The fourth-order valence-corrected chi connectivity index (χ4v) is 4.14. The third-order valence-electron chi connectivity index (χ3n) is 6.58. The molecule has 208 valence electrons. The van der Waals surface area contributed by atoms with Gasteiger partial charge in [-0.2, -0.15) is 0 Å². The van der Waals surface area contributed by atoms with Gasteiger partial charge < -0.3 is 16.2 Å². The Morgan fingerprint density at radius 2 is 1.54 bits per heavy atom. The standard InChI is InChI=1S/C35H35FN4O/c1-4-29(37)21-25-7-5-24(6-8-25)9-20-34(38)40-30-15-10-27(11-16-30)32-19-14-28(22-33(32)36)26-12-17-31(18-13-26)41-35(39)23(2)3/h4-8,10-19,21-22,35H,1-2,9,20,37,39H2,3H3,(H2,38,40). The van der Waals surface area contributed by atoms with E-state index in [1.807, 2.05) is 79.7 Å². The highest BCUT2D eigenvalue weighted by molar-refractivity contribution is 5.83. The lowest BCUT2D eigenvalue weighted by Crippen LogP contribution is -2.27. The van der Waals surface area contributed by atoms with Crippen LogP contribution in [0.3, 0.4) is 0 Å². The van der Waals surface area contributed by atoms with E-state index < -0.39 is 6.23 Å². The lowest BCUT2D eigenvalue weighted by atomic mass is 9.99. The topological polar surface area (TPSA) is 99.7 Å². The van der Waals surface area contributed by atoms with E-state index in [0.29, 0.717) is 29.3 Å². The molecule has 4 aromatic rings. The normalized spacial score (nSPS) is 12.6. The van der Waals surface area contributed by atoms with Crippen LogP contribution >= 0.6 is 0 Å². The smallest absolute Gasteiger partial charge is 0.169 e. The summed E-state index contributed by atoms with van der Waals surface area (Å²) in [5.74, 6) is 0.852. The Labute approximate surface area is 241 Å². The molecule has 41 heavy (non-hydrogen) atoms. The van der Waals surface area contributed by atoms with Crippen LogP contribution in [0.1, 0.15) is 24.5 Å². The van der Waals surface area contributed by atoms with Crippen LogP contribution in [0.15, 0.2) is 126 Å². The highest BCUT2D eigenvalue weighted by atomic mass is 19.1. The Morgan fingerprint density at radius 3 is 2.15 bits per heavy atom. The SMILES string of the molecule is C=CC(N)=Cc1ccc(CCC(N)=Nc2ccc(-c3ccc(-c4ccc(OC(N)C(=C)C)cc4)cc3F)cc2)cc1. The molecule has 6 heteroatoms. The molecule has 5 nitrogen and oxygen atoms in total. The zero-order valence-electron chi connectivity index (χ0n) is 23.2. The molecule has 0 saturated heterocycles. The first-order chi connectivity index (χ1) is 19.7. The van der Waals surface area contributed by atoms with E-state index in [1.54, 1.807) is 12.1 Å². The number of hydrogen-bond donors (Lipinski definition) is 3. The van der Waals surface area contributed by atoms with Crippen LogP contribution in [-0.2, 0) is 6.42 Å². The number of nitrogens with zero attached hydrogens (tertiary/aromatic N) is 1. The summed E-state index contributed by atoms with van der Waals surface area (Å²) < 4.78 is 20.8. The van der Waals surface area contributed by atoms with Gasteiger partial charge in [0.05, 0.1) is 11.5 Å². The van der Waals surface area contributed by atoms with Crippen LogP contribution in [0.4, 0.5) is 10.1 Å². The number of aryl methyl sites for hydroxylation is 1. The van der Waals surface area contributed by atoms with Crippen molar-refractivity contribution in [3.8, 4) is 28.0 Å². The number of rotatable bonds is 11. The Hall–Kier alpha value is -4.94. The summed E-state index contributed by atoms with van der Waals surface area (Å²) in [6.07, 6.45) is 4.30. The molecule has 1 unspecified atom stereocenters. The van der Waals surface area contributed by atoms with Crippen LogP contribution in [0, 0.1) is 5.82 Å². The van der Waals surface area contributed by atoms with Gasteiger partial charge in [-0.25, -0.2) is 9.38 Å². The average molecular weight is 547 g/mol. The van der Waals surface area contributed by atoms with Crippen LogP contribution < -0.4 is 21.9 Å². The average Bonchev–Trinajstić information content (AvgIpc) is 2.97. The van der Waals surface area contributed by atoms with Crippen molar-refractivity contribution in [1.29, 1.82) is 0 Å². The van der Waals surface area contributed by atoms with Gasteiger partial charge in [-0.05, 0) is 89.2 Å². The minimum atomic E-state index is -0.569. The molecule has 0 heterocycles. The molecule has 0 spiro atoms. The molecule has 4 aromatic carbocycles. The third kappa shape index (κ3) is 8.03. The van der Waals surface area contributed by atoms with Crippen molar-refractivity contribution in [2.45, 2.75) is 26.0 Å². The lowest BCUT2D eigenvalue weighted by Gasteiger charge is -2.14. The van der Waals surface area contributed by atoms with E-state index in [4.69, 9.17) is 21.9 Å². The maximum Gasteiger partial charge on any atom is 0.169 e. The van der Waals surface area contributed by atoms with E-state index >= 15 is 4.39 Å². The van der Waals surface area contributed by atoms with Gasteiger partial charge >= 0.3 is 0 Å². The summed E-state index contributed by atoms with van der Waals surface area (Å²) in [6, 6.07) is 28.1. The summed E-state index contributed by atoms with van der Waals surface area (Å²) in [5, 5.41) is 0. The number of halogens is 1. The number of allylic oxidation sites excluding steroid dienone is 1. The zero-order chi connectivity index (χ0) is 29.4. The first kappa shape index (κ1) is 29.1. The summed E-state index contributed by atoms with van der Waals surface area (Å²) in [6.45, 7) is 9.27. The molecule has 0 bridgehead atoms. The van der Waals surface area contributed by atoms with Gasteiger partial charge in [0.2, 0.25) is 0 Å². The predicted octanol–water partition coefficient (Wildman–Crippen LogP) is 7.51. The Morgan fingerprint density at radius 1 is 0.902 bits per heavy atom. The fourth-order valence-electron chi connectivity index (χ4n) is 4.14. The highest BCUT2D eigenvalue weighted by Gasteiger charge is 2.09. The Bertz CT molecular complexity index is 1570. The first-order valence-corrected chi connectivity index (χ1v) is 13.3. The van der Waals surface area contributed by atoms with E-state index in [1.165, 1.54) is 6.07 Å². The van der Waals surface area contributed by atoms with Crippen molar-refractivity contribution in [1.82, 2.24) is 0 Å². The summed E-state index contributed by atoms with van der Waals surface area (Å²) in [5.41, 5.74) is 25.0. The van der Waals surface area contributed by atoms with Crippen LogP contribution in [0.25, 0.3) is 28.3 Å². The molecule has 0 saturated carbocycles. The number of ether oxygens (including phenoxy) is 1. The van der Waals surface area contributed by atoms with E-state index in [-0.39, 0.29) is 5.82 Å². The van der Waals surface area contributed by atoms with Crippen LogP contribution in [-0.4, -0.2) is 12.1 Å². The van der Waals surface area contributed by atoms with Gasteiger partial charge in [0.25, 0.3) is 0 Å². The molecule has 0 aliphatic carbocycles. The van der Waals surface area contributed by atoms with Crippen LogP contribution in [0.2, 0.25) is 0 Å². The lowest BCUT2D eigenvalue weighted by molar-refractivity contribution is 0.246. The second-order valence-corrected chi connectivity index (χ2v) is 9.84. The van der Waals surface area contributed by atoms with Crippen molar-refractivity contribution in [2.24, 2.45) is 22.2 Å². The quantitative estimate of drug-likeness (QED) is 0.0596. The summed E-state index contributed by atoms with van der Waals surface area (Å²) in [4.78, 5) is 4.53. The molecule has 0 aliphatic rings. The monoisotopic (exact) mass is 546 g/mol.